The Kier molecular flexibility index (Phi) is 9.25. The summed E-state index contributed by atoms with van der Waals surface area (Å²) < 4.78 is 6.11. The number of ether oxygens (including phenoxy) is 1. The van der Waals surface area contributed by atoms with Gasteiger partial charge in [0.05, 0.1) is 0 Å². The fraction of sp³-hybridized carbons (Fsp3) is 0.344. The number of carbonyl (C=O) groups excluding carboxylic acids is 1. The Labute approximate surface area is 217 Å². The molecule has 0 spiro atoms. The van der Waals surface area contributed by atoms with Gasteiger partial charge in [0.15, 0.2) is 5.78 Å². The molecule has 3 aromatic carbocycles. The molecule has 3 aromatic rings. The van der Waals surface area contributed by atoms with Gasteiger partial charge in [0.2, 0.25) is 0 Å². The van der Waals surface area contributed by atoms with Crippen LogP contribution in [0.4, 0.5) is 0 Å². The number of carbonyl (C=O) groups is 1. The van der Waals surface area contributed by atoms with Crippen LogP contribution in [0.3, 0.4) is 0 Å². The van der Waals surface area contributed by atoms with Crippen LogP contribution >= 0.6 is 0 Å². The largest absolute Gasteiger partial charge is 0.492 e. The van der Waals surface area contributed by atoms with Crippen molar-refractivity contribution in [3.05, 3.63) is 95.1 Å². The predicted octanol–water partition coefficient (Wildman–Crippen LogP) is 6.73. The Morgan fingerprint density at radius 1 is 0.944 bits per heavy atom. The van der Waals surface area contributed by atoms with E-state index >= 15 is 0 Å². The molecule has 36 heavy (non-hydrogen) atoms. The maximum Gasteiger partial charge on any atom is 0.186 e. The molecule has 0 saturated carbocycles. The molecule has 0 atom stereocenters. The number of allylic oxidation sites excluding steroid dienone is 1. The zero-order valence-electron chi connectivity index (χ0n) is 22.8. The Bertz CT molecular complexity index is 1200. The fourth-order valence-electron chi connectivity index (χ4n) is 3.86. The van der Waals surface area contributed by atoms with Gasteiger partial charge in [-0.15, -0.1) is 0 Å². The van der Waals surface area contributed by atoms with E-state index in [2.05, 4.69) is 74.9 Å². The molecule has 0 saturated heterocycles. The second kappa shape index (κ2) is 12.2. The van der Waals surface area contributed by atoms with Gasteiger partial charge in [-0.2, -0.15) is 0 Å². The molecule has 190 valence electrons. The van der Waals surface area contributed by atoms with E-state index in [0.29, 0.717) is 13.2 Å². The molecule has 0 heterocycles. The van der Waals surface area contributed by atoms with Gasteiger partial charge in [-0.05, 0) is 95.4 Å². The van der Waals surface area contributed by atoms with Crippen LogP contribution in [0.5, 0.6) is 5.75 Å². The number of hydrogen-bond donors (Lipinski definition) is 0. The molecule has 0 aliphatic rings. The molecule has 0 radical (unpaired) electrons. The summed E-state index contributed by atoms with van der Waals surface area (Å²) >= 11 is 0. The van der Waals surface area contributed by atoms with Gasteiger partial charge in [0, 0.05) is 29.8 Å². The van der Waals surface area contributed by atoms with Crippen LogP contribution < -0.4 is 4.74 Å². The van der Waals surface area contributed by atoms with Gasteiger partial charge in [0.1, 0.15) is 12.4 Å². The summed E-state index contributed by atoms with van der Waals surface area (Å²) in [6.45, 7) is 10.7. The highest BCUT2D eigenvalue weighted by molar-refractivity contribution is 6.08. The van der Waals surface area contributed by atoms with Crippen molar-refractivity contribution >= 4 is 11.9 Å². The Hall–Kier alpha value is -3.21. The van der Waals surface area contributed by atoms with Crippen molar-refractivity contribution in [3.8, 4) is 16.9 Å². The van der Waals surface area contributed by atoms with E-state index in [1.165, 1.54) is 11.1 Å². The molecule has 0 amide bonds. The Morgan fingerprint density at radius 2 is 1.64 bits per heavy atom. The predicted molar refractivity (Wildman–Crippen MR) is 152 cm³/mol. The van der Waals surface area contributed by atoms with E-state index in [1.54, 1.807) is 6.08 Å². The highest BCUT2D eigenvalue weighted by atomic mass is 16.5. The van der Waals surface area contributed by atoms with Crippen molar-refractivity contribution in [1.82, 2.24) is 9.80 Å². The summed E-state index contributed by atoms with van der Waals surface area (Å²) in [5.74, 6) is 0.771. The number of rotatable bonds is 10. The molecule has 4 nitrogen and oxygen atoms in total. The third kappa shape index (κ3) is 7.39. The van der Waals surface area contributed by atoms with Gasteiger partial charge in [-0.3, -0.25) is 9.69 Å². The second-order valence-electron chi connectivity index (χ2n) is 10.6. The first kappa shape index (κ1) is 27.4. The lowest BCUT2D eigenvalue weighted by molar-refractivity contribution is 0.104. The minimum absolute atomic E-state index is 0.00607. The number of nitrogens with zero attached hydrogens (tertiary/aromatic N) is 2. The number of hydrogen-bond acceptors (Lipinski definition) is 4. The molecule has 0 aliphatic carbocycles. The topological polar surface area (TPSA) is 32.8 Å². The molecule has 0 aromatic heterocycles. The number of benzene rings is 3. The van der Waals surface area contributed by atoms with Gasteiger partial charge in [0.25, 0.3) is 0 Å². The van der Waals surface area contributed by atoms with Crippen LogP contribution in [0.2, 0.25) is 0 Å². The highest BCUT2D eigenvalue weighted by Gasteiger charge is 2.19. The molecule has 4 heteroatoms. The molecular weight excluding hydrogens is 444 g/mol. The quantitative estimate of drug-likeness (QED) is 0.236. The maximum absolute atomic E-state index is 13.3. The highest BCUT2D eigenvalue weighted by Crippen LogP contribution is 2.30. The zero-order chi connectivity index (χ0) is 26.3. The first-order chi connectivity index (χ1) is 17.1. The molecule has 0 N–H and O–H groups in total. The molecular formula is C32H40N2O2. The van der Waals surface area contributed by atoms with Crippen LogP contribution in [-0.4, -0.2) is 55.4 Å². The van der Waals surface area contributed by atoms with E-state index in [0.717, 1.165) is 34.5 Å². The van der Waals surface area contributed by atoms with E-state index in [4.69, 9.17) is 4.74 Å². The summed E-state index contributed by atoms with van der Waals surface area (Å²) in [5.41, 5.74) is 6.16. The van der Waals surface area contributed by atoms with Crippen LogP contribution in [0.1, 0.15) is 47.8 Å². The maximum atomic E-state index is 13.3. The van der Waals surface area contributed by atoms with Crippen molar-refractivity contribution in [1.29, 1.82) is 0 Å². The summed E-state index contributed by atoms with van der Waals surface area (Å²) in [7, 11) is 6.14. The lowest BCUT2D eigenvalue weighted by Crippen LogP contribution is -2.37. The van der Waals surface area contributed by atoms with Crippen molar-refractivity contribution in [2.45, 2.75) is 39.8 Å². The summed E-state index contributed by atoms with van der Waals surface area (Å²) in [6, 6.07) is 22.4. The first-order valence-corrected chi connectivity index (χ1v) is 12.6. The Balaban J connectivity index is 1.92. The van der Waals surface area contributed by atoms with E-state index < -0.39 is 0 Å². The zero-order valence-corrected chi connectivity index (χ0v) is 22.8. The first-order valence-electron chi connectivity index (χ1n) is 12.6. The smallest absolute Gasteiger partial charge is 0.186 e. The van der Waals surface area contributed by atoms with Gasteiger partial charge in [-0.25, -0.2) is 0 Å². The number of ketones is 1. The van der Waals surface area contributed by atoms with Crippen molar-refractivity contribution in [3.63, 3.8) is 0 Å². The number of likely N-dealkylation sites (N-methyl/N-ethyl adjacent to an activating group) is 1. The third-order valence-electron chi connectivity index (χ3n) is 6.51. The minimum Gasteiger partial charge on any atom is -0.492 e. The second-order valence-corrected chi connectivity index (χ2v) is 10.6. The summed E-state index contributed by atoms with van der Waals surface area (Å²) in [6.07, 6.45) is 3.56. The van der Waals surface area contributed by atoms with Crippen molar-refractivity contribution in [2.24, 2.45) is 0 Å². The van der Waals surface area contributed by atoms with Crippen LogP contribution in [-0.2, 0) is 6.54 Å². The Morgan fingerprint density at radius 3 is 2.33 bits per heavy atom. The molecule has 0 bridgehead atoms. The summed E-state index contributed by atoms with van der Waals surface area (Å²) in [5, 5.41) is 0. The molecule has 0 fully saturated rings. The normalized spacial score (nSPS) is 12.0. The van der Waals surface area contributed by atoms with E-state index in [9.17, 15) is 4.79 Å². The average molecular weight is 485 g/mol. The standard InChI is InChI=1S/C32H40N2O2/c1-24-12-8-10-14-28(24)25-17-19-31(36-21-20-33(5)6)26(22-25)16-18-30(35)29-15-11-9-13-27(29)23-34(7)32(2,3)4/h8-19,22H,20-21,23H2,1-7H3. The van der Waals surface area contributed by atoms with Gasteiger partial charge >= 0.3 is 0 Å². The van der Waals surface area contributed by atoms with E-state index in [-0.39, 0.29) is 11.3 Å². The lowest BCUT2D eigenvalue weighted by atomic mass is 9.97. The third-order valence-corrected chi connectivity index (χ3v) is 6.51. The van der Waals surface area contributed by atoms with Crippen molar-refractivity contribution < 1.29 is 9.53 Å². The monoisotopic (exact) mass is 484 g/mol. The molecule has 3 rings (SSSR count). The van der Waals surface area contributed by atoms with E-state index in [1.807, 2.05) is 56.6 Å². The van der Waals surface area contributed by atoms with Gasteiger partial charge in [-0.1, -0.05) is 54.6 Å². The SMILES string of the molecule is Cc1ccccc1-c1ccc(OCCN(C)C)c(C=CC(=O)c2ccccc2CN(C)C(C)(C)C)c1. The fourth-order valence-corrected chi connectivity index (χ4v) is 3.86. The van der Waals surface area contributed by atoms with Crippen LogP contribution in [0.25, 0.3) is 17.2 Å². The van der Waals surface area contributed by atoms with Crippen LogP contribution in [0, 0.1) is 6.92 Å². The van der Waals surface area contributed by atoms with Crippen LogP contribution in [0.15, 0.2) is 72.8 Å². The number of aryl methyl sites for hydroxylation is 1. The minimum atomic E-state index is -0.00607. The summed E-state index contributed by atoms with van der Waals surface area (Å²) in [4.78, 5) is 17.7. The van der Waals surface area contributed by atoms with Gasteiger partial charge < -0.3 is 9.64 Å². The van der Waals surface area contributed by atoms with Crippen molar-refractivity contribution in [2.75, 3.05) is 34.3 Å². The molecule has 0 unspecified atom stereocenters. The molecule has 0 aliphatic heterocycles. The average Bonchev–Trinajstić information content (AvgIpc) is 2.83. The lowest BCUT2D eigenvalue weighted by Gasteiger charge is -2.32.